The van der Waals surface area contributed by atoms with Gasteiger partial charge in [0.15, 0.2) is 5.82 Å². The minimum absolute atomic E-state index is 0.0409. The number of pyridine rings is 2. The molecule has 0 bridgehead atoms. The van der Waals surface area contributed by atoms with Crippen molar-refractivity contribution in [2.75, 3.05) is 16.8 Å². The van der Waals surface area contributed by atoms with Gasteiger partial charge >= 0.3 is 6.61 Å². The van der Waals surface area contributed by atoms with Crippen LogP contribution in [-0.2, 0) is 17.9 Å². The second-order valence-electron chi connectivity index (χ2n) is 6.95. The maximum absolute atomic E-state index is 12.7. The van der Waals surface area contributed by atoms with Crippen LogP contribution in [0.3, 0.4) is 0 Å². The molecule has 164 valence electrons. The molecule has 0 saturated carbocycles. The van der Waals surface area contributed by atoms with Crippen molar-refractivity contribution in [2.24, 2.45) is 0 Å². The van der Waals surface area contributed by atoms with E-state index in [2.05, 4.69) is 25.3 Å². The van der Waals surface area contributed by atoms with Gasteiger partial charge in [-0.15, -0.1) is 0 Å². The van der Waals surface area contributed by atoms with E-state index >= 15 is 0 Å². The summed E-state index contributed by atoms with van der Waals surface area (Å²) in [7, 11) is 0. The third-order valence-electron chi connectivity index (χ3n) is 4.78. The Labute approximate surface area is 182 Å². The molecule has 2 N–H and O–H groups in total. The van der Waals surface area contributed by atoms with Crippen LogP contribution in [0.1, 0.15) is 21.6 Å². The third kappa shape index (κ3) is 4.97. The first-order chi connectivity index (χ1) is 15.5. The molecular formula is C22H19F2N5O3. The van der Waals surface area contributed by atoms with Gasteiger partial charge in [0.2, 0.25) is 5.91 Å². The van der Waals surface area contributed by atoms with Gasteiger partial charge in [0.1, 0.15) is 5.75 Å². The molecular weight excluding hydrogens is 420 g/mol. The largest absolute Gasteiger partial charge is 0.435 e. The van der Waals surface area contributed by atoms with Gasteiger partial charge < -0.3 is 20.3 Å². The zero-order chi connectivity index (χ0) is 22.5. The first-order valence-corrected chi connectivity index (χ1v) is 9.76. The summed E-state index contributed by atoms with van der Waals surface area (Å²) in [6.45, 7) is -2.35. The smallest absolute Gasteiger partial charge is 0.387 e. The van der Waals surface area contributed by atoms with E-state index in [0.29, 0.717) is 22.8 Å². The second-order valence-corrected chi connectivity index (χ2v) is 6.95. The Kier molecular flexibility index (Phi) is 6.20. The van der Waals surface area contributed by atoms with E-state index in [4.69, 9.17) is 0 Å². The Morgan fingerprint density at radius 3 is 2.72 bits per heavy atom. The van der Waals surface area contributed by atoms with E-state index in [-0.39, 0.29) is 42.8 Å². The monoisotopic (exact) mass is 439 g/mol. The van der Waals surface area contributed by atoms with Crippen molar-refractivity contribution < 1.29 is 23.1 Å². The predicted molar refractivity (Wildman–Crippen MR) is 112 cm³/mol. The van der Waals surface area contributed by atoms with Gasteiger partial charge in [0.25, 0.3) is 5.91 Å². The second kappa shape index (κ2) is 9.38. The number of hydrogen-bond donors (Lipinski definition) is 2. The fourth-order valence-electron chi connectivity index (χ4n) is 3.21. The van der Waals surface area contributed by atoms with Crippen LogP contribution in [0.5, 0.6) is 5.75 Å². The third-order valence-corrected chi connectivity index (χ3v) is 4.78. The van der Waals surface area contributed by atoms with Crippen LogP contribution < -0.4 is 20.3 Å². The minimum atomic E-state index is -2.89. The molecule has 0 saturated heterocycles. The Bertz CT molecular complexity index is 1110. The summed E-state index contributed by atoms with van der Waals surface area (Å²) < 4.78 is 28.8. The molecule has 0 fully saturated rings. The average Bonchev–Trinajstić information content (AvgIpc) is 2.80. The maximum Gasteiger partial charge on any atom is 0.387 e. The average molecular weight is 439 g/mol. The van der Waals surface area contributed by atoms with E-state index in [9.17, 15) is 18.4 Å². The highest BCUT2D eigenvalue weighted by molar-refractivity contribution is 6.04. The van der Waals surface area contributed by atoms with E-state index in [0.717, 1.165) is 0 Å². The Balaban J connectivity index is 1.46. The number of aromatic nitrogens is 2. The van der Waals surface area contributed by atoms with Crippen molar-refractivity contribution in [3.05, 3.63) is 77.7 Å². The van der Waals surface area contributed by atoms with Gasteiger partial charge in [-0.2, -0.15) is 8.78 Å². The minimum Gasteiger partial charge on any atom is -0.435 e. The normalized spacial score (nSPS) is 12.8. The highest BCUT2D eigenvalue weighted by atomic mass is 19.3. The lowest BCUT2D eigenvalue weighted by Crippen LogP contribution is -2.40. The van der Waals surface area contributed by atoms with E-state index < -0.39 is 6.61 Å². The molecule has 0 radical (unpaired) electrons. The summed E-state index contributed by atoms with van der Waals surface area (Å²) in [5, 5.41) is 5.71. The van der Waals surface area contributed by atoms with Gasteiger partial charge in [-0.25, -0.2) is 4.98 Å². The van der Waals surface area contributed by atoms with Crippen LogP contribution in [0.4, 0.5) is 20.3 Å². The molecule has 1 aliphatic heterocycles. The molecule has 0 atom stereocenters. The fraction of sp³-hybridized carbons (Fsp3) is 0.182. The predicted octanol–water partition coefficient (Wildman–Crippen LogP) is 2.97. The number of anilines is 2. The van der Waals surface area contributed by atoms with Crippen LogP contribution in [0.2, 0.25) is 0 Å². The summed E-state index contributed by atoms with van der Waals surface area (Å²) in [6.07, 6.45) is 3.08. The number of halogens is 2. The number of carbonyl (C=O) groups excluding carboxylic acids is 2. The lowest BCUT2D eigenvalue weighted by atomic mass is 10.1. The molecule has 3 aromatic rings. The number of nitrogens with one attached hydrogen (secondary N) is 2. The molecule has 32 heavy (non-hydrogen) atoms. The van der Waals surface area contributed by atoms with E-state index in [1.54, 1.807) is 35.4 Å². The summed E-state index contributed by atoms with van der Waals surface area (Å²) in [5.41, 5.74) is 2.19. The number of rotatable bonds is 7. The number of ether oxygens (including phenoxy) is 1. The van der Waals surface area contributed by atoms with Crippen LogP contribution in [-0.4, -0.2) is 34.9 Å². The quantitative estimate of drug-likeness (QED) is 0.588. The van der Waals surface area contributed by atoms with Gasteiger partial charge in [-0.05, 0) is 35.9 Å². The van der Waals surface area contributed by atoms with Crippen LogP contribution in [0.25, 0.3) is 0 Å². The van der Waals surface area contributed by atoms with Crippen LogP contribution in [0, 0.1) is 0 Å². The van der Waals surface area contributed by atoms with Crippen molar-refractivity contribution in [1.29, 1.82) is 0 Å². The zero-order valence-corrected chi connectivity index (χ0v) is 16.8. The molecule has 8 nitrogen and oxygen atoms in total. The molecule has 0 unspecified atom stereocenters. The van der Waals surface area contributed by atoms with Gasteiger partial charge in [-0.3, -0.25) is 14.6 Å². The van der Waals surface area contributed by atoms with Crippen molar-refractivity contribution in [2.45, 2.75) is 19.7 Å². The molecule has 4 rings (SSSR count). The van der Waals surface area contributed by atoms with Gasteiger partial charge in [-0.1, -0.05) is 18.2 Å². The Morgan fingerprint density at radius 2 is 2.00 bits per heavy atom. The molecule has 3 heterocycles. The van der Waals surface area contributed by atoms with Crippen LogP contribution >= 0.6 is 0 Å². The zero-order valence-electron chi connectivity index (χ0n) is 16.8. The standard InChI is InChI=1S/C22H19F2N5O3/c23-22(24)32-17-6-4-14(5-7-17)10-28-21(31)15-9-18-20(26-11-15)27-12-19(30)29(18)13-16-3-1-2-8-25-16/h1-9,11,22H,10,12-13H2,(H,26,27)(H,28,31). The summed E-state index contributed by atoms with van der Waals surface area (Å²) >= 11 is 0. The van der Waals surface area contributed by atoms with Crippen molar-refractivity contribution in [1.82, 2.24) is 15.3 Å². The molecule has 1 aromatic carbocycles. The first kappa shape index (κ1) is 21.2. The number of hydrogen-bond acceptors (Lipinski definition) is 6. The highest BCUT2D eigenvalue weighted by Gasteiger charge is 2.26. The summed E-state index contributed by atoms with van der Waals surface area (Å²) in [5.74, 6) is 0.00320. The van der Waals surface area contributed by atoms with Gasteiger partial charge in [0, 0.05) is 18.9 Å². The molecule has 2 amide bonds. The SMILES string of the molecule is O=C(NCc1ccc(OC(F)F)cc1)c1cnc2c(c1)N(Cc1ccccn1)C(=O)CN2. The topological polar surface area (TPSA) is 96.4 Å². The van der Waals surface area contributed by atoms with Crippen molar-refractivity contribution in [3.8, 4) is 5.75 Å². The fourth-order valence-corrected chi connectivity index (χ4v) is 3.21. The number of nitrogens with zero attached hydrogens (tertiary/aromatic N) is 3. The molecule has 0 aliphatic carbocycles. The number of benzene rings is 1. The lowest BCUT2D eigenvalue weighted by Gasteiger charge is -2.29. The maximum atomic E-state index is 12.7. The van der Waals surface area contributed by atoms with E-state index in [1.807, 2.05) is 12.1 Å². The van der Waals surface area contributed by atoms with Crippen molar-refractivity contribution >= 4 is 23.3 Å². The lowest BCUT2D eigenvalue weighted by molar-refractivity contribution is -0.117. The highest BCUT2D eigenvalue weighted by Crippen LogP contribution is 2.29. The van der Waals surface area contributed by atoms with Gasteiger partial charge in [0.05, 0.1) is 30.0 Å². The molecule has 1 aliphatic rings. The Hall–Kier alpha value is -4.08. The summed E-state index contributed by atoms with van der Waals surface area (Å²) in [4.78, 5) is 35.2. The number of alkyl halides is 2. The molecule has 0 spiro atoms. The number of amides is 2. The number of fused-ring (bicyclic) bond motifs is 1. The Morgan fingerprint density at radius 1 is 1.19 bits per heavy atom. The number of carbonyl (C=O) groups is 2. The van der Waals surface area contributed by atoms with Crippen molar-refractivity contribution in [3.63, 3.8) is 0 Å². The molecule has 2 aromatic heterocycles. The first-order valence-electron chi connectivity index (χ1n) is 9.76. The molecule has 10 heteroatoms. The van der Waals surface area contributed by atoms with E-state index in [1.165, 1.54) is 18.3 Å². The summed E-state index contributed by atoms with van der Waals surface area (Å²) in [6, 6.07) is 13.0. The van der Waals surface area contributed by atoms with Crippen LogP contribution in [0.15, 0.2) is 60.9 Å².